The van der Waals surface area contributed by atoms with Crippen LogP contribution >= 0.6 is 11.6 Å². The maximum atomic E-state index is 6.06. The van der Waals surface area contributed by atoms with Gasteiger partial charge in [0, 0.05) is 19.6 Å². The highest BCUT2D eigenvalue weighted by atomic mass is 35.5. The van der Waals surface area contributed by atoms with Gasteiger partial charge < -0.3 is 15.5 Å². The first kappa shape index (κ1) is 15.3. The van der Waals surface area contributed by atoms with Gasteiger partial charge in [-0.05, 0) is 32.9 Å². The molecule has 0 radical (unpaired) electrons. The Hall–Kier alpha value is -1.07. The summed E-state index contributed by atoms with van der Waals surface area (Å²) in [6, 6.07) is 0.325. The molecule has 0 amide bonds. The number of likely N-dealkylation sites (tertiary alicyclic amines) is 1. The van der Waals surface area contributed by atoms with Crippen molar-refractivity contribution in [3.05, 3.63) is 11.5 Å². The van der Waals surface area contributed by atoms with Crippen LogP contribution in [0.4, 0.5) is 11.5 Å². The van der Waals surface area contributed by atoms with Gasteiger partial charge in [0.2, 0.25) is 0 Å². The molecule has 1 unspecified atom stereocenters. The minimum absolute atomic E-state index is 0.325. The monoisotopic (exact) mass is 297 g/mol. The van der Waals surface area contributed by atoms with Crippen molar-refractivity contribution in [3.8, 4) is 0 Å². The highest BCUT2D eigenvalue weighted by Crippen LogP contribution is 2.25. The molecule has 1 aromatic rings. The summed E-state index contributed by atoms with van der Waals surface area (Å²) >= 11 is 6.06. The van der Waals surface area contributed by atoms with Gasteiger partial charge in [-0.15, -0.1) is 0 Å². The van der Waals surface area contributed by atoms with Crippen LogP contribution < -0.4 is 10.6 Å². The number of nitrogens with one attached hydrogen (secondary N) is 2. The molecule has 6 heteroatoms. The maximum absolute atomic E-state index is 6.06. The van der Waals surface area contributed by atoms with Crippen LogP contribution in [-0.4, -0.2) is 47.6 Å². The van der Waals surface area contributed by atoms with Gasteiger partial charge in [0.15, 0.2) is 11.0 Å². The van der Waals surface area contributed by atoms with E-state index in [1.807, 2.05) is 7.05 Å². The summed E-state index contributed by atoms with van der Waals surface area (Å²) in [5.41, 5.74) is 0.761. The van der Waals surface area contributed by atoms with Crippen LogP contribution in [0.2, 0.25) is 5.15 Å². The summed E-state index contributed by atoms with van der Waals surface area (Å²) in [6.45, 7) is 5.62. The van der Waals surface area contributed by atoms with Crippen LogP contribution in [0.15, 0.2) is 6.33 Å². The first-order valence-electron chi connectivity index (χ1n) is 7.38. The average molecular weight is 298 g/mol. The summed E-state index contributed by atoms with van der Waals surface area (Å²) in [5, 5.41) is 6.93. The Morgan fingerprint density at radius 3 is 2.60 bits per heavy atom. The molecule has 2 N–H and O–H groups in total. The summed E-state index contributed by atoms with van der Waals surface area (Å²) in [6.07, 6.45) is 6.85. The van der Waals surface area contributed by atoms with E-state index in [9.17, 15) is 0 Å². The van der Waals surface area contributed by atoms with E-state index in [0.29, 0.717) is 11.2 Å². The fraction of sp³-hybridized carbons (Fsp3) is 0.714. The van der Waals surface area contributed by atoms with Gasteiger partial charge in [-0.25, -0.2) is 9.97 Å². The predicted octanol–water partition coefficient (Wildman–Crippen LogP) is 2.85. The van der Waals surface area contributed by atoms with Gasteiger partial charge in [-0.3, -0.25) is 0 Å². The summed E-state index contributed by atoms with van der Waals surface area (Å²) < 4.78 is 0. The minimum Gasteiger partial charge on any atom is -0.383 e. The number of aromatic nitrogens is 2. The Balaban J connectivity index is 1.93. The normalized spacial score (nSPS) is 18.4. The van der Waals surface area contributed by atoms with E-state index in [1.165, 1.54) is 45.1 Å². The molecule has 2 heterocycles. The number of rotatable bonds is 5. The largest absolute Gasteiger partial charge is 0.383 e. The van der Waals surface area contributed by atoms with Crippen LogP contribution in [0.3, 0.4) is 0 Å². The fourth-order valence-corrected chi connectivity index (χ4v) is 2.91. The molecule has 20 heavy (non-hydrogen) atoms. The highest BCUT2D eigenvalue weighted by Gasteiger charge is 2.15. The van der Waals surface area contributed by atoms with Crippen LogP contribution in [0.1, 0.15) is 32.6 Å². The molecule has 1 aliphatic heterocycles. The molecule has 1 saturated heterocycles. The van der Waals surface area contributed by atoms with Crippen LogP contribution in [0.25, 0.3) is 0 Å². The molecular formula is C14H24ClN5. The minimum atomic E-state index is 0.325. The fourth-order valence-electron chi connectivity index (χ4n) is 2.68. The smallest absolute Gasteiger partial charge is 0.157 e. The zero-order valence-electron chi connectivity index (χ0n) is 12.3. The van der Waals surface area contributed by atoms with E-state index < -0.39 is 0 Å². The van der Waals surface area contributed by atoms with Crippen molar-refractivity contribution >= 4 is 23.1 Å². The van der Waals surface area contributed by atoms with Crippen LogP contribution in [-0.2, 0) is 0 Å². The molecule has 112 valence electrons. The van der Waals surface area contributed by atoms with E-state index in [-0.39, 0.29) is 0 Å². The Morgan fingerprint density at radius 1 is 1.25 bits per heavy atom. The lowest BCUT2D eigenvalue weighted by atomic mass is 10.2. The van der Waals surface area contributed by atoms with Crippen molar-refractivity contribution in [1.82, 2.24) is 14.9 Å². The third-order valence-electron chi connectivity index (χ3n) is 3.66. The summed E-state index contributed by atoms with van der Waals surface area (Å²) in [5.74, 6) is 0.773. The van der Waals surface area contributed by atoms with Gasteiger partial charge >= 0.3 is 0 Å². The Labute approximate surface area is 126 Å². The Kier molecular flexibility index (Phi) is 5.86. The summed E-state index contributed by atoms with van der Waals surface area (Å²) in [4.78, 5) is 10.8. The van der Waals surface area contributed by atoms with Gasteiger partial charge in [0.25, 0.3) is 0 Å². The van der Waals surface area contributed by atoms with E-state index >= 15 is 0 Å². The standard InChI is InChI=1S/C14H24ClN5/c1-11(9-20-7-5-3-4-6-8-20)19-14-12(16-2)13(15)17-10-18-14/h10-11,16H,3-9H2,1-2H3,(H,17,18,19). The molecule has 0 aliphatic carbocycles. The molecule has 1 fully saturated rings. The third-order valence-corrected chi connectivity index (χ3v) is 3.95. The molecule has 0 spiro atoms. The number of nitrogens with zero attached hydrogens (tertiary/aromatic N) is 3. The van der Waals surface area contributed by atoms with Gasteiger partial charge in [-0.2, -0.15) is 0 Å². The molecule has 1 atom stereocenters. The molecular weight excluding hydrogens is 274 g/mol. The van der Waals surface area contributed by atoms with Crippen molar-refractivity contribution in [2.75, 3.05) is 37.3 Å². The molecule has 0 bridgehead atoms. The predicted molar refractivity (Wildman–Crippen MR) is 84.6 cm³/mol. The SMILES string of the molecule is CNc1c(Cl)ncnc1NC(C)CN1CCCCCC1. The lowest BCUT2D eigenvalue weighted by Gasteiger charge is -2.25. The highest BCUT2D eigenvalue weighted by molar-refractivity contribution is 6.32. The Bertz CT molecular complexity index is 418. The number of anilines is 2. The molecule has 1 aromatic heterocycles. The number of hydrogen-bond donors (Lipinski definition) is 2. The third kappa shape index (κ3) is 4.21. The van der Waals surface area contributed by atoms with Crippen molar-refractivity contribution in [2.45, 2.75) is 38.6 Å². The Morgan fingerprint density at radius 2 is 1.95 bits per heavy atom. The summed E-state index contributed by atoms with van der Waals surface area (Å²) in [7, 11) is 1.83. The molecule has 5 nitrogen and oxygen atoms in total. The zero-order chi connectivity index (χ0) is 14.4. The second-order valence-electron chi connectivity index (χ2n) is 5.40. The first-order valence-corrected chi connectivity index (χ1v) is 7.75. The topological polar surface area (TPSA) is 53.1 Å². The van der Waals surface area contributed by atoms with Crippen LogP contribution in [0.5, 0.6) is 0 Å². The van der Waals surface area contributed by atoms with Crippen molar-refractivity contribution in [2.24, 2.45) is 0 Å². The molecule has 1 aliphatic rings. The van der Waals surface area contributed by atoms with E-state index in [0.717, 1.165) is 18.1 Å². The maximum Gasteiger partial charge on any atom is 0.157 e. The molecule has 0 saturated carbocycles. The van der Waals surface area contributed by atoms with Crippen molar-refractivity contribution < 1.29 is 0 Å². The van der Waals surface area contributed by atoms with Gasteiger partial charge in [0.1, 0.15) is 12.0 Å². The molecule has 0 aromatic carbocycles. The van der Waals surface area contributed by atoms with Crippen LogP contribution in [0, 0.1) is 0 Å². The first-order chi connectivity index (χ1) is 9.70. The second kappa shape index (κ2) is 7.64. The lowest BCUT2D eigenvalue weighted by molar-refractivity contribution is 0.277. The average Bonchev–Trinajstić information content (AvgIpc) is 2.67. The molecule has 2 rings (SSSR count). The van der Waals surface area contributed by atoms with E-state index in [1.54, 1.807) is 0 Å². The number of halogens is 1. The number of hydrogen-bond acceptors (Lipinski definition) is 5. The van der Waals surface area contributed by atoms with Gasteiger partial charge in [0.05, 0.1) is 0 Å². The van der Waals surface area contributed by atoms with Gasteiger partial charge in [-0.1, -0.05) is 24.4 Å². The van der Waals surface area contributed by atoms with E-state index in [2.05, 4.69) is 32.4 Å². The van der Waals surface area contributed by atoms with E-state index in [4.69, 9.17) is 11.6 Å². The lowest BCUT2D eigenvalue weighted by Crippen LogP contribution is -2.36. The second-order valence-corrected chi connectivity index (χ2v) is 5.76. The quantitative estimate of drug-likeness (QED) is 0.819. The zero-order valence-corrected chi connectivity index (χ0v) is 13.1. The van der Waals surface area contributed by atoms with Crippen molar-refractivity contribution in [3.63, 3.8) is 0 Å². The van der Waals surface area contributed by atoms with Crippen molar-refractivity contribution in [1.29, 1.82) is 0 Å².